The molecule has 0 saturated heterocycles. The Hall–Kier alpha value is -1.37. The van der Waals surface area contributed by atoms with Crippen molar-refractivity contribution in [1.29, 1.82) is 0 Å². The van der Waals surface area contributed by atoms with Crippen LogP contribution in [0.1, 0.15) is 23.8 Å². The molecule has 0 aliphatic heterocycles. The molecule has 0 bridgehead atoms. The first kappa shape index (κ1) is 21.9. The molecule has 8 nitrogen and oxygen atoms in total. The van der Waals surface area contributed by atoms with Gasteiger partial charge in [-0.25, -0.2) is 4.98 Å². The minimum absolute atomic E-state index is 0.160. The number of amides is 1. The van der Waals surface area contributed by atoms with Gasteiger partial charge in [0, 0.05) is 23.2 Å². The van der Waals surface area contributed by atoms with Crippen LogP contribution in [0.3, 0.4) is 0 Å². The molecule has 0 atom stereocenters. The molecule has 0 unspecified atom stereocenters. The second-order valence-electron chi connectivity index (χ2n) is 5.96. The van der Waals surface area contributed by atoms with Crippen molar-refractivity contribution in [2.75, 3.05) is 39.0 Å². The maximum atomic E-state index is 12.3. The molecule has 1 amide bonds. The van der Waals surface area contributed by atoms with E-state index >= 15 is 0 Å². The molecule has 0 saturated carbocycles. The molecule has 1 heterocycles. The minimum Gasteiger partial charge on any atom is -0.349 e. The normalized spacial score (nSPS) is 11.9. The number of rotatable bonds is 10. The highest BCUT2D eigenvalue weighted by Gasteiger charge is 2.10. The van der Waals surface area contributed by atoms with Gasteiger partial charge in [0.25, 0.3) is 16.0 Å². The maximum absolute atomic E-state index is 12.3. The zero-order valence-electron chi connectivity index (χ0n) is 15.3. The second kappa shape index (κ2) is 10.2. The summed E-state index contributed by atoms with van der Waals surface area (Å²) in [6, 6.07) is 5.68. The lowest BCUT2D eigenvalue weighted by Crippen LogP contribution is -2.36. The van der Waals surface area contributed by atoms with Crippen LogP contribution in [0.15, 0.2) is 24.4 Å². The summed E-state index contributed by atoms with van der Waals surface area (Å²) in [6.45, 7) is 4.77. The van der Waals surface area contributed by atoms with Crippen molar-refractivity contribution in [3.8, 4) is 0 Å². The first-order chi connectivity index (χ1) is 12.8. The second-order valence-corrected chi connectivity index (χ2v) is 8.85. The predicted molar refractivity (Wildman–Crippen MR) is 112 cm³/mol. The smallest absolute Gasteiger partial charge is 0.271 e. The van der Waals surface area contributed by atoms with Crippen LogP contribution in [0.2, 0.25) is 0 Å². The number of likely N-dealkylation sites (N-methyl/N-ethyl adjacent to an activating group) is 1. The lowest BCUT2D eigenvalue weighted by Gasteiger charge is -2.20. The van der Waals surface area contributed by atoms with E-state index < -0.39 is 10.1 Å². The van der Waals surface area contributed by atoms with Crippen molar-refractivity contribution >= 4 is 49.6 Å². The molecular weight excluding hydrogens is 483 g/mol. The molecule has 0 spiro atoms. The van der Waals surface area contributed by atoms with E-state index in [0.29, 0.717) is 31.6 Å². The molecule has 2 rings (SSSR count). The summed E-state index contributed by atoms with van der Waals surface area (Å²) in [7, 11) is -3.39. The minimum atomic E-state index is -3.39. The van der Waals surface area contributed by atoms with Gasteiger partial charge in [-0.3, -0.25) is 14.0 Å². The summed E-state index contributed by atoms with van der Waals surface area (Å²) in [5, 5.41) is 2.84. The summed E-state index contributed by atoms with van der Waals surface area (Å²) < 4.78 is 27.7. The highest BCUT2D eigenvalue weighted by Crippen LogP contribution is 2.13. The van der Waals surface area contributed by atoms with Gasteiger partial charge >= 0.3 is 0 Å². The molecule has 1 aromatic heterocycles. The summed E-state index contributed by atoms with van der Waals surface area (Å²) in [4.78, 5) is 23.0. The number of nitrogens with zero attached hydrogens (tertiary/aromatic N) is 3. The van der Waals surface area contributed by atoms with Crippen LogP contribution in [0.25, 0.3) is 11.0 Å². The largest absolute Gasteiger partial charge is 0.349 e. The highest BCUT2D eigenvalue weighted by molar-refractivity contribution is 14.1. The zero-order chi connectivity index (χ0) is 19.9. The first-order valence-corrected chi connectivity index (χ1v) is 11.5. The topological polar surface area (TPSA) is 101 Å². The van der Waals surface area contributed by atoms with Crippen LogP contribution in [0, 0.1) is 3.57 Å². The molecule has 10 heteroatoms. The monoisotopic (exact) mass is 506 g/mol. The molecule has 0 radical (unpaired) electrons. The number of hydrogen-bond donors (Lipinski definition) is 1. The highest BCUT2D eigenvalue weighted by atomic mass is 127. The van der Waals surface area contributed by atoms with E-state index in [-0.39, 0.29) is 18.2 Å². The average Bonchev–Trinajstić information content (AvgIpc) is 2.62. The molecule has 0 aliphatic carbocycles. The fourth-order valence-electron chi connectivity index (χ4n) is 2.44. The van der Waals surface area contributed by atoms with Crippen LogP contribution in [0.4, 0.5) is 0 Å². The molecule has 1 N–H and O–H groups in total. The third-order valence-corrected chi connectivity index (χ3v) is 5.08. The Bertz CT molecular complexity index is 892. The van der Waals surface area contributed by atoms with Gasteiger partial charge in [0.15, 0.2) is 0 Å². The van der Waals surface area contributed by atoms with Gasteiger partial charge in [-0.05, 0) is 53.8 Å². The van der Waals surface area contributed by atoms with Gasteiger partial charge < -0.3 is 10.2 Å². The van der Waals surface area contributed by atoms with Crippen molar-refractivity contribution in [1.82, 2.24) is 20.2 Å². The lowest BCUT2D eigenvalue weighted by atomic mass is 10.3. The van der Waals surface area contributed by atoms with Crippen molar-refractivity contribution in [3.05, 3.63) is 33.7 Å². The summed E-state index contributed by atoms with van der Waals surface area (Å²) in [6.07, 6.45) is 3.12. The number of nitrogens with one attached hydrogen (secondary N) is 1. The summed E-state index contributed by atoms with van der Waals surface area (Å²) in [5.74, 6) is -0.264. The van der Waals surface area contributed by atoms with Crippen molar-refractivity contribution in [2.45, 2.75) is 13.3 Å². The standard InChI is InChI=1S/C17H23IN4O4S/c1-3-22(8-4-10-26-27(2,24)25)9-7-19-17(23)16-12-20-15-11-13(18)5-6-14(15)21-16/h5-6,11-12H,3-4,7-10H2,1-2H3,(H,19,23). The van der Waals surface area contributed by atoms with Crippen molar-refractivity contribution in [2.24, 2.45) is 0 Å². The van der Waals surface area contributed by atoms with Crippen LogP contribution in [0.5, 0.6) is 0 Å². The number of halogens is 1. The summed E-state index contributed by atoms with van der Waals surface area (Å²) >= 11 is 2.20. The van der Waals surface area contributed by atoms with Gasteiger partial charge in [-0.1, -0.05) is 6.92 Å². The SMILES string of the molecule is CCN(CCCOS(C)(=O)=O)CCNC(=O)c1cnc2cc(I)ccc2n1. The van der Waals surface area contributed by atoms with Gasteiger partial charge in [0.1, 0.15) is 5.69 Å². The average molecular weight is 506 g/mol. The van der Waals surface area contributed by atoms with E-state index in [1.165, 1.54) is 6.20 Å². The Balaban J connectivity index is 1.79. The van der Waals surface area contributed by atoms with Crippen LogP contribution in [-0.4, -0.2) is 68.2 Å². The Kier molecular flexibility index (Phi) is 8.32. The number of carbonyl (C=O) groups excluding carboxylic acids is 1. The number of benzene rings is 1. The number of hydrogen-bond acceptors (Lipinski definition) is 7. The third kappa shape index (κ3) is 7.64. The Morgan fingerprint density at radius 1 is 1.30 bits per heavy atom. The molecule has 2 aromatic rings. The first-order valence-electron chi connectivity index (χ1n) is 8.56. The van der Waals surface area contributed by atoms with Gasteiger partial charge in [-0.2, -0.15) is 8.42 Å². The molecular formula is C17H23IN4O4S. The van der Waals surface area contributed by atoms with Gasteiger partial charge in [0.05, 0.1) is 30.1 Å². The van der Waals surface area contributed by atoms with E-state index in [1.807, 2.05) is 25.1 Å². The Morgan fingerprint density at radius 2 is 2.07 bits per heavy atom. The number of fused-ring (bicyclic) bond motifs is 1. The molecule has 27 heavy (non-hydrogen) atoms. The molecule has 148 valence electrons. The quantitative estimate of drug-likeness (QED) is 0.297. The molecule has 0 fully saturated rings. The third-order valence-electron chi connectivity index (χ3n) is 3.81. The van der Waals surface area contributed by atoms with E-state index in [0.717, 1.165) is 21.9 Å². The zero-order valence-corrected chi connectivity index (χ0v) is 18.3. The van der Waals surface area contributed by atoms with E-state index in [9.17, 15) is 13.2 Å². The van der Waals surface area contributed by atoms with Crippen LogP contribution >= 0.6 is 22.6 Å². The van der Waals surface area contributed by atoms with Crippen molar-refractivity contribution < 1.29 is 17.4 Å². The predicted octanol–water partition coefficient (Wildman–Crippen LogP) is 1.65. The van der Waals surface area contributed by atoms with E-state index in [2.05, 4.69) is 42.8 Å². The van der Waals surface area contributed by atoms with Crippen LogP contribution < -0.4 is 5.32 Å². The maximum Gasteiger partial charge on any atom is 0.271 e. The van der Waals surface area contributed by atoms with E-state index in [4.69, 9.17) is 4.18 Å². The van der Waals surface area contributed by atoms with Crippen LogP contribution in [-0.2, 0) is 14.3 Å². The fourth-order valence-corrected chi connectivity index (χ4v) is 3.33. The Morgan fingerprint density at radius 3 is 2.78 bits per heavy atom. The van der Waals surface area contributed by atoms with E-state index in [1.54, 1.807) is 0 Å². The van der Waals surface area contributed by atoms with Gasteiger partial charge in [-0.15, -0.1) is 0 Å². The lowest BCUT2D eigenvalue weighted by molar-refractivity contribution is 0.0943. The van der Waals surface area contributed by atoms with Crippen molar-refractivity contribution in [3.63, 3.8) is 0 Å². The fraction of sp³-hybridized carbons (Fsp3) is 0.471. The molecule has 1 aromatic carbocycles. The summed E-state index contributed by atoms with van der Waals surface area (Å²) in [5.41, 5.74) is 1.73. The number of aromatic nitrogens is 2. The van der Waals surface area contributed by atoms with Gasteiger partial charge in [0.2, 0.25) is 0 Å². The molecule has 0 aliphatic rings. The number of carbonyl (C=O) groups is 1. The Labute approximate surface area is 173 Å².